The minimum absolute atomic E-state index is 0.199. The zero-order valence-electron chi connectivity index (χ0n) is 12.1. The summed E-state index contributed by atoms with van der Waals surface area (Å²) in [5, 5.41) is 0. The van der Waals surface area contributed by atoms with Gasteiger partial charge in [-0.05, 0) is 48.2 Å². The Bertz CT molecular complexity index is 552. The zero-order valence-corrected chi connectivity index (χ0v) is 12.1. The lowest BCUT2D eigenvalue weighted by Gasteiger charge is -2.06. The van der Waals surface area contributed by atoms with Crippen LogP contribution in [0.3, 0.4) is 0 Å². The van der Waals surface area contributed by atoms with Crippen molar-refractivity contribution in [3.63, 3.8) is 0 Å². The van der Waals surface area contributed by atoms with Crippen molar-refractivity contribution in [1.82, 2.24) is 4.98 Å². The van der Waals surface area contributed by atoms with E-state index in [2.05, 4.69) is 4.98 Å². The molecule has 1 aromatic heterocycles. The molecular formula is C17H19NO3. The third-order valence-corrected chi connectivity index (χ3v) is 3.13. The summed E-state index contributed by atoms with van der Waals surface area (Å²) < 4.78 is 10.3. The molecule has 0 N–H and O–H groups in total. The maximum Gasteiger partial charge on any atom is 0.310 e. The van der Waals surface area contributed by atoms with Crippen LogP contribution in [-0.4, -0.2) is 24.7 Å². The number of pyridine rings is 1. The van der Waals surface area contributed by atoms with Crippen molar-refractivity contribution in [2.24, 2.45) is 0 Å². The van der Waals surface area contributed by atoms with Crippen LogP contribution in [-0.2, 0) is 22.4 Å². The van der Waals surface area contributed by atoms with Gasteiger partial charge in [-0.25, -0.2) is 0 Å². The normalized spacial score (nSPS) is 10.1. The van der Waals surface area contributed by atoms with Crippen LogP contribution in [0.2, 0.25) is 0 Å². The van der Waals surface area contributed by atoms with E-state index < -0.39 is 0 Å². The molecule has 4 nitrogen and oxygen atoms in total. The van der Waals surface area contributed by atoms with E-state index in [1.54, 1.807) is 19.5 Å². The van der Waals surface area contributed by atoms with Gasteiger partial charge >= 0.3 is 5.97 Å². The molecule has 0 aliphatic carbocycles. The van der Waals surface area contributed by atoms with Crippen LogP contribution in [0, 0.1) is 0 Å². The third-order valence-electron chi connectivity index (χ3n) is 3.13. The van der Waals surface area contributed by atoms with E-state index in [1.165, 1.54) is 5.56 Å². The number of hydrogen-bond acceptors (Lipinski definition) is 4. The number of carbonyl (C=O) groups excluding carboxylic acids is 1. The number of benzene rings is 1. The van der Waals surface area contributed by atoms with Crippen molar-refractivity contribution in [3.05, 3.63) is 59.9 Å². The molecular weight excluding hydrogens is 266 g/mol. The smallest absolute Gasteiger partial charge is 0.310 e. The fourth-order valence-corrected chi connectivity index (χ4v) is 1.97. The molecule has 4 heteroatoms. The van der Waals surface area contributed by atoms with E-state index in [0.29, 0.717) is 13.0 Å². The average molecular weight is 285 g/mol. The molecule has 2 rings (SSSR count). The van der Waals surface area contributed by atoms with Crippen LogP contribution in [0.5, 0.6) is 5.75 Å². The number of nitrogens with zero attached hydrogens (tertiary/aromatic N) is 1. The first-order valence-electron chi connectivity index (χ1n) is 6.95. The number of methoxy groups -OCH3 is 1. The number of aromatic nitrogens is 1. The molecule has 0 atom stereocenters. The predicted octanol–water partition coefficient (Wildman–Crippen LogP) is 2.81. The van der Waals surface area contributed by atoms with Gasteiger partial charge in [0.15, 0.2) is 0 Å². The number of esters is 1. The van der Waals surface area contributed by atoms with Crippen LogP contribution in [0.1, 0.15) is 17.5 Å². The summed E-state index contributed by atoms with van der Waals surface area (Å²) in [7, 11) is 1.62. The first-order chi connectivity index (χ1) is 10.3. The molecule has 0 aliphatic rings. The minimum atomic E-state index is -0.199. The molecule has 1 heterocycles. The summed E-state index contributed by atoms with van der Waals surface area (Å²) in [4.78, 5) is 15.7. The van der Waals surface area contributed by atoms with Crippen LogP contribution in [0.4, 0.5) is 0 Å². The highest BCUT2D eigenvalue weighted by Crippen LogP contribution is 2.12. The third kappa shape index (κ3) is 5.26. The van der Waals surface area contributed by atoms with E-state index >= 15 is 0 Å². The Morgan fingerprint density at radius 3 is 2.43 bits per heavy atom. The fraction of sp³-hybridized carbons (Fsp3) is 0.294. The lowest BCUT2D eigenvalue weighted by atomic mass is 10.1. The van der Waals surface area contributed by atoms with Crippen molar-refractivity contribution in [2.75, 3.05) is 13.7 Å². The number of carbonyl (C=O) groups is 1. The number of rotatable bonds is 7. The molecule has 110 valence electrons. The van der Waals surface area contributed by atoms with Crippen molar-refractivity contribution in [1.29, 1.82) is 0 Å². The highest BCUT2D eigenvalue weighted by molar-refractivity contribution is 5.72. The summed E-state index contributed by atoms with van der Waals surface area (Å²) in [6, 6.07) is 11.4. The van der Waals surface area contributed by atoms with Gasteiger partial charge in [-0.2, -0.15) is 0 Å². The molecule has 0 saturated carbocycles. The summed E-state index contributed by atoms with van der Waals surface area (Å²) in [5.74, 6) is 0.583. The van der Waals surface area contributed by atoms with Crippen molar-refractivity contribution in [3.8, 4) is 5.75 Å². The SMILES string of the molecule is COc1ccc(CC(=O)OCCCc2ccncc2)cc1. The highest BCUT2D eigenvalue weighted by atomic mass is 16.5. The summed E-state index contributed by atoms with van der Waals surface area (Å²) in [6.45, 7) is 0.442. The predicted molar refractivity (Wildman–Crippen MR) is 80.2 cm³/mol. The van der Waals surface area contributed by atoms with Gasteiger partial charge in [0.2, 0.25) is 0 Å². The Labute approximate surface area is 124 Å². The maximum absolute atomic E-state index is 11.7. The van der Waals surface area contributed by atoms with Crippen LogP contribution < -0.4 is 4.74 Å². The molecule has 0 spiro atoms. The van der Waals surface area contributed by atoms with Gasteiger partial charge in [0.05, 0.1) is 20.1 Å². The quantitative estimate of drug-likeness (QED) is 0.580. The molecule has 0 radical (unpaired) electrons. The largest absolute Gasteiger partial charge is 0.497 e. The summed E-state index contributed by atoms with van der Waals surface area (Å²) in [6.07, 6.45) is 5.53. The van der Waals surface area contributed by atoms with E-state index in [9.17, 15) is 4.79 Å². The van der Waals surface area contributed by atoms with E-state index in [0.717, 1.165) is 24.2 Å². The second kappa shape index (κ2) is 8.04. The molecule has 0 fully saturated rings. The van der Waals surface area contributed by atoms with Crippen LogP contribution >= 0.6 is 0 Å². The molecule has 0 aliphatic heterocycles. The van der Waals surface area contributed by atoms with Crippen LogP contribution in [0.25, 0.3) is 0 Å². The van der Waals surface area contributed by atoms with Gasteiger partial charge in [0, 0.05) is 12.4 Å². The topological polar surface area (TPSA) is 48.4 Å². The second-order valence-electron chi connectivity index (χ2n) is 4.70. The van der Waals surface area contributed by atoms with E-state index in [1.807, 2.05) is 36.4 Å². The van der Waals surface area contributed by atoms with Crippen molar-refractivity contribution in [2.45, 2.75) is 19.3 Å². The molecule has 0 saturated heterocycles. The Balaban J connectivity index is 1.67. The van der Waals surface area contributed by atoms with Gasteiger partial charge < -0.3 is 9.47 Å². The molecule has 21 heavy (non-hydrogen) atoms. The van der Waals surface area contributed by atoms with Gasteiger partial charge in [-0.3, -0.25) is 9.78 Å². The molecule has 2 aromatic rings. The Hall–Kier alpha value is -2.36. The standard InChI is InChI=1S/C17H19NO3/c1-20-16-6-4-15(5-7-16)13-17(19)21-12-2-3-14-8-10-18-11-9-14/h4-11H,2-3,12-13H2,1H3. The maximum atomic E-state index is 11.7. The minimum Gasteiger partial charge on any atom is -0.497 e. The number of ether oxygens (including phenoxy) is 2. The Morgan fingerprint density at radius 2 is 1.76 bits per heavy atom. The monoisotopic (exact) mass is 285 g/mol. The van der Waals surface area contributed by atoms with E-state index in [-0.39, 0.29) is 5.97 Å². The lowest BCUT2D eigenvalue weighted by Crippen LogP contribution is -2.09. The van der Waals surface area contributed by atoms with Gasteiger partial charge in [0.1, 0.15) is 5.75 Å². The van der Waals surface area contributed by atoms with Gasteiger partial charge in [0.25, 0.3) is 0 Å². The van der Waals surface area contributed by atoms with Crippen LogP contribution in [0.15, 0.2) is 48.8 Å². The second-order valence-corrected chi connectivity index (χ2v) is 4.70. The first-order valence-corrected chi connectivity index (χ1v) is 6.95. The van der Waals surface area contributed by atoms with Gasteiger partial charge in [-0.1, -0.05) is 12.1 Å². The lowest BCUT2D eigenvalue weighted by molar-refractivity contribution is -0.142. The summed E-state index contributed by atoms with van der Waals surface area (Å²) >= 11 is 0. The number of aryl methyl sites for hydroxylation is 1. The Morgan fingerprint density at radius 1 is 1.05 bits per heavy atom. The highest BCUT2D eigenvalue weighted by Gasteiger charge is 2.05. The summed E-state index contributed by atoms with van der Waals surface area (Å²) in [5.41, 5.74) is 2.13. The molecule has 0 bridgehead atoms. The van der Waals surface area contributed by atoms with E-state index in [4.69, 9.17) is 9.47 Å². The first kappa shape index (κ1) is 15.0. The van der Waals surface area contributed by atoms with Crippen molar-refractivity contribution < 1.29 is 14.3 Å². The molecule has 0 unspecified atom stereocenters. The Kier molecular flexibility index (Phi) is 5.76. The van der Waals surface area contributed by atoms with Crippen molar-refractivity contribution >= 4 is 5.97 Å². The average Bonchev–Trinajstić information content (AvgIpc) is 2.53. The molecule has 1 aromatic carbocycles. The zero-order chi connectivity index (χ0) is 14.9. The molecule has 0 amide bonds. The number of hydrogen-bond donors (Lipinski definition) is 0. The fourth-order valence-electron chi connectivity index (χ4n) is 1.97. The van der Waals surface area contributed by atoms with Gasteiger partial charge in [-0.15, -0.1) is 0 Å².